The molecule has 0 saturated carbocycles. The van der Waals surface area contributed by atoms with Gasteiger partial charge in [-0.15, -0.1) is 0 Å². The van der Waals surface area contributed by atoms with Gasteiger partial charge in [-0.3, -0.25) is 9.69 Å². The number of aryl methyl sites for hydroxylation is 2. The van der Waals surface area contributed by atoms with Crippen molar-refractivity contribution >= 4 is 5.91 Å². The smallest absolute Gasteiger partial charge is 0.255 e. The first kappa shape index (κ1) is 14.4. The summed E-state index contributed by atoms with van der Waals surface area (Å²) in [6.45, 7) is 8.27. The van der Waals surface area contributed by atoms with Crippen LogP contribution in [0.1, 0.15) is 28.7 Å². The molecule has 1 aliphatic heterocycles. The molecule has 0 bridgehead atoms. The fourth-order valence-corrected chi connectivity index (χ4v) is 2.33. The number of carbonyl (C=O) groups is 1. The summed E-state index contributed by atoms with van der Waals surface area (Å²) < 4.78 is 0. The van der Waals surface area contributed by atoms with E-state index < -0.39 is 0 Å². The van der Waals surface area contributed by atoms with Gasteiger partial charge in [-0.2, -0.15) is 15.5 Å². The summed E-state index contributed by atoms with van der Waals surface area (Å²) >= 11 is 0. The summed E-state index contributed by atoms with van der Waals surface area (Å²) in [5, 5.41) is 16.9. The Bertz CT molecular complexity index is 543. The van der Waals surface area contributed by atoms with E-state index in [1.807, 2.05) is 18.7 Å². The first-order valence-electron chi connectivity index (χ1n) is 6.77. The van der Waals surface area contributed by atoms with E-state index in [-0.39, 0.29) is 11.9 Å². The number of nitriles is 1. The standard InChI is InChI=1S/C14H19N5O/c1-10-8-13(12(3)17-16-10)14(20)19-6-4-18(5-7-19)11(2)9-15/h8,11H,4-7H2,1-3H3. The van der Waals surface area contributed by atoms with Gasteiger partial charge in [0.2, 0.25) is 0 Å². The molecule has 0 aliphatic carbocycles. The summed E-state index contributed by atoms with van der Waals surface area (Å²) in [6.07, 6.45) is 0. The maximum Gasteiger partial charge on any atom is 0.255 e. The van der Waals surface area contributed by atoms with E-state index in [0.29, 0.717) is 24.3 Å². The number of hydrogen-bond donors (Lipinski definition) is 0. The highest BCUT2D eigenvalue weighted by Gasteiger charge is 2.25. The fourth-order valence-electron chi connectivity index (χ4n) is 2.33. The number of carbonyl (C=O) groups excluding carboxylic acids is 1. The van der Waals surface area contributed by atoms with Crippen LogP contribution in [0.15, 0.2) is 6.07 Å². The quantitative estimate of drug-likeness (QED) is 0.795. The molecule has 6 heteroatoms. The lowest BCUT2D eigenvalue weighted by molar-refractivity contribution is 0.0614. The van der Waals surface area contributed by atoms with E-state index in [2.05, 4.69) is 21.2 Å². The van der Waals surface area contributed by atoms with Gasteiger partial charge < -0.3 is 4.90 Å². The number of nitrogens with zero attached hydrogens (tertiary/aromatic N) is 5. The highest BCUT2D eigenvalue weighted by Crippen LogP contribution is 2.13. The molecule has 0 N–H and O–H groups in total. The van der Waals surface area contributed by atoms with Crippen molar-refractivity contribution in [3.05, 3.63) is 23.0 Å². The van der Waals surface area contributed by atoms with Crippen molar-refractivity contribution in [1.29, 1.82) is 5.26 Å². The summed E-state index contributed by atoms with van der Waals surface area (Å²) in [5.41, 5.74) is 2.03. The Hall–Kier alpha value is -2.00. The van der Waals surface area contributed by atoms with Gasteiger partial charge in [0.05, 0.1) is 29.1 Å². The van der Waals surface area contributed by atoms with Gasteiger partial charge in [0, 0.05) is 26.2 Å². The second-order valence-electron chi connectivity index (χ2n) is 5.12. The van der Waals surface area contributed by atoms with Crippen LogP contribution in [0.2, 0.25) is 0 Å². The van der Waals surface area contributed by atoms with Crippen molar-refractivity contribution in [3.63, 3.8) is 0 Å². The minimum Gasteiger partial charge on any atom is -0.336 e. The van der Waals surface area contributed by atoms with Crippen LogP contribution in [-0.4, -0.2) is 58.1 Å². The molecule has 6 nitrogen and oxygen atoms in total. The molecule has 2 rings (SSSR count). The monoisotopic (exact) mass is 273 g/mol. The van der Waals surface area contributed by atoms with Gasteiger partial charge in [0.1, 0.15) is 0 Å². The van der Waals surface area contributed by atoms with E-state index in [1.54, 1.807) is 13.0 Å². The molecule has 0 aromatic carbocycles. The second-order valence-corrected chi connectivity index (χ2v) is 5.12. The molecule has 106 valence electrons. The molecule has 1 fully saturated rings. The maximum atomic E-state index is 12.5. The van der Waals surface area contributed by atoms with Crippen molar-refractivity contribution in [3.8, 4) is 6.07 Å². The third-order valence-corrected chi connectivity index (χ3v) is 3.67. The van der Waals surface area contributed by atoms with Crippen LogP contribution in [0.5, 0.6) is 0 Å². The Kier molecular flexibility index (Phi) is 4.30. The Morgan fingerprint density at radius 3 is 2.55 bits per heavy atom. The van der Waals surface area contributed by atoms with E-state index in [1.165, 1.54) is 0 Å². The summed E-state index contributed by atoms with van der Waals surface area (Å²) in [6, 6.07) is 3.92. The normalized spacial score (nSPS) is 17.6. The van der Waals surface area contributed by atoms with Crippen LogP contribution >= 0.6 is 0 Å². The Labute approximate surface area is 119 Å². The second kappa shape index (κ2) is 5.97. The van der Waals surface area contributed by atoms with Gasteiger partial charge in [-0.1, -0.05) is 0 Å². The average Bonchev–Trinajstić information content (AvgIpc) is 2.48. The van der Waals surface area contributed by atoms with Crippen molar-refractivity contribution in [2.24, 2.45) is 0 Å². The van der Waals surface area contributed by atoms with E-state index >= 15 is 0 Å². The highest BCUT2D eigenvalue weighted by atomic mass is 16.2. The summed E-state index contributed by atoms with van der Waals surface area (Å²) in [4.78, 5) is 16.4. The van der Waals surface area contributed by atoms with E-state index in [4.69, 9.17) is 5.26 Å². The third-order valence-electron chi connectivity index (χ3n) is 3.67. The molecule has 1 aromatic heterocycles. The number of rotatable bonds is 2. The minimum atomic E-state index is -0.0983. The zero-order valence-corrected chi connectivity index (χ0v) is 12.1. The number of aromatic nitrogens is 2. The highest BCUT2D eigenvalue weighted by molar-refractivity contribution is 5.95. The van der Waals surface area contributed by atoms with E-state index in [0.717, 1.165) is 18.8 Å². The van der Waals surface area contributed by atoms with Crippen molar-refractivity contribution < 1.29 is 4.79 Å². The molecule has 1 atom stereocenters. The van der Waals surface area contributed by atoms with Crippen molar-refractivity contribution in [2.45, 2.75) is 26.8 Å². The molecule has 20 heavy (non-hydrogen) atoms. The van der Waals surface area contributed by atoms with Crippen molar-refractivity contribution in [2.75, 3.05) is 26.2 Å². The number of amides is 1. The molecule has 1 unspecified atom stereocenters. The number of hydrogen-bond acceptors (Lipinski definition) is 5. The molecule has 1 amide bonds. The van der Waals surface area contributed by atoms with Crippen LogP contribution in [0.4, 0.5) is 0 Å². The zero-order chi connectivity index (χ0) is 14.7. The van der Waals surface area contributed by atoms with Crippen LogP contribution in [0.25, 0.3) is 0 Å². The molecule has 0 spiro atoms. The van der Waals surface area contributed by atoms with Gasteiger partial charge in [-0.05, 0) is 26.8 Å². The third kappa shape index (κ3) is 2.94. The predicted molar refractivity (Wildman–Crippen MR) is 74.1 cm³/mol. The van der Waals surface area contributed by atoms with Crippen molar-refractivity contribution in [1.82, 2.24) is 20.0 Å². The van der Waals surface area contributed by atoms with Gasteiger partial charge in [0.25, 0.3) is 5.91 Å². The predicted octanol–water partition coefficient (Wildman–Crippen LogP) is 0.763. The average molecular weight is 273 g/mol. The minimum absolute atomic E-state index is 0.00441. The lowest BCUT2D eigenvalue weighted by atomic mass is 10.1. The van der Waals surface area contributed by atoms with Crippen LogP contribution in [0.3, 0.4) is 0 Å². The zero-order valence-electron chi connectivity index (χ0n) is 12.1. The SMILES string of the molecule is Cc1cc(C(=O)N2CCN(C(C)C#N)CC2)c(C)nn1. The Balaban J connectivity index is 2.05. The first-order valence-corrected chi connectivity index (χ1v) is 6.77. The fraction of sp³-hybridized carbons (Fsp3) is 0.571. The van der Waals surface area contributed by atoms with Gasteiger partial charge in [0.15, 0.2) is 0 Å². The molecular formula is C14H19N5O. The van der Waals surface area contributed by atoms with Crippen LogP contribution in [0, 0.1) is 25.2 Å². The first-order chi connectivity index (χ1) is 9.52. The Morgan fingerprint density at radius 2 is 1.95 bits per heavy atom. The summed E-state index contributed by atoms with van der Waals surface area (Å²) in [5.74, 6) is 0.00441. The van der Waals surface area contributed by atoms with Crippen LogP contribution < -0.4 is 0 Å². The summed E-state index contributed by atoms with van der Waals surface area (Å²) in [7, 11) is 0. The largest absolute Gasteiger partial charge is 0.336 e. The lowest BCUT2D eigenvalue weighted by Crippen LogP contribution is -2.51. The van der Waals surface area contributed by atoms with E-state index in [9.17, 15) is 4.79 Å². The Morgan fingerprint density at radius 1 is 1.30 bits per heavy atom. The van der Waals surface area contributed by atoms with Crippen LogP contribution in [-0.2, 0) is 0 Å². The molecule has 2 heterocycles. The van der Waals surface area contributed by atoms with Gasteiger partial charge >= 0.3 is 0 Å². The number of piperazine rings is 1. The van der Waals surface area contributed by atoms with Gasteiger partial charge in [-0.25, -0.2) is 0 Å². The molecule has 1 aromatic rings. The maximum absolute atomic E-state index is 12.5. The molecule has 1 aliphatic rings. The molecule has 1 saturated heterocycles. The molecular weight excluding hydrogens is 254 g/mol. The topological polar surface area (TPSA) is 73.1 Å². The molecule has 0 radical (unpaired) electrons. The lowest BCUT2D eigenvalue weighted by Gasteiger charge is -2.36.